The zero-order valence-corrected chi connectivity index (χ0v) is 9.41. The van der Waals surface area contributed by atoms with Crippen molar-refractivity contribution in [2.75, 3.05) is 6.54 Å². The van der Waals surface area contributed by atoms with E-state index in [9.17, 15) is 4.79 Å². The molecule has 4 N–H and O–H groups in total. The molecule has 0 bridgehead atoms. The Morgan fingerprint density at radius 2 is 2.53 bits per heavy atom. The predicted octanol–water partition coefficient (Wildman–Crippen LogP) is 0.686. The van der Waals surface area contributed by atoms with Crippen molar-refractivity contribution in [1.82, 2.24) is 9.97 Å². The molecule has 0 fully saturated rings. The van der Waals surface area contributed by atoms with Gasteiger partial charge in [0.05, 0.1) is 18.2 Å². The smallest absolute Gasteiger partial charge is 0.328 e. The summed E-state index contributed by atoms with van der Waals surface area (Å²) >= 11 is 0. The summed E-state index contributed by atoms with van der Waals surface area (Å²) in [6.45, 7) is 0.475. The summed E-state index contributed by atoms with van der Waals surface area (Å²) in [5.74, 6) is -0.926. The second-order valence-electron chi connectivity index (χ2n) is 3.45. The van der Waals surface area contributed by atoms with Gasteiger partial charge in [-0.3, -0.25) is 4.99 Å². The highest BCUT2D eigenvalue weighted by atomic mass is 16.4. The third-order valence-electron chi connectivity index (χ3n) is 2.11. The van der Waals surface area contributed by atoms with Crippen LogP contribution in [0.4, 0.5) is 0 Å². The zero-order valence-electron chi connectivity index (χ0n) is 9.41. The Morgan fingerprint density at radius 1 is 1.71 bits per heavy atom. The van der Waals surface area contributed by atoms with E-state index < -0.39 is 12.0 Å². The number of aromatic amines is 1. The molecule has 6 nitrogen and oxygen atoms in total. The van der Waals surface area contributed by atoms with Crippen LogP contribution in [0, 0.1) is 0 Å². The number of rotatable bonds is 7. The molecule has 0 saturated carbocycles. The van der Waals surface area contributed by atoms with E-state index in [0.29, 0.717) is 19.4 Å². The van der Waals surface area contributed by atoms with E-state index >= 15 is 0 Å². The minimum atomic E-state index is -0.926. The molecule has 0 aliphatic carbocycles. The van der Waals surface area contributed by atoms with Gasteiger partial charge in [0, 0.05) is 6.21 Å². The maximum Gasteiger partial charge on any atom is 0.328 e. The monoisotopic (exact) mass is 236 g/mol. The van der Waals surface area contributed by atoms with E-state index in [1.807, 2.05) is 0 Å². The number of allylic oxidation sites excluding steroid dienone is 1. The molecule has 0 amide bonds. The van der Waals surface area contributed by atoms with Crippen LogP contribution in [-0.4, -0.2) is 39.8 Å². The summed E-state index contributed by atoms with van der Waals surface area (Å²) in [6, 6.07) is -0.718. The number of aromatic nitrogens is 2. The Kier molecular flexibility index (Phi) is 5.67. The fourth-order valence-electron chi connectivity index (χ4n) is 1.23. The van der Waals surface area contributed by atoms with E-state index in [-0.39, 0.29) is 0 Å². The number of nitrogens with two attached hydrogens (primary N) is 1. The molecule has 0 aliphatic rings. The third-order valence-corrected chi connectivity index (χ3v) is 2.11. The first-order valence-electron chi connectivity index (χ1n) is 5.35. The first-order chi connectivity index (χ1) is 8.24. The second-order valence-corrected chi connectivity index (χ2v) is 3.45. The van der Waals surface area contributed by atoms with E-state index in [1.54, 1.807) is 24.7 Å². The lowest BCUT2D eigenvalue weighted by Gasteiger charge is -2.04. The molecule has 1 rings (SSSR count). The number of aliphatic imine (C=N–C) groups is 1. The van der Waals surface area contributed by atoms with Gasteiger partial charge >= 0.3 is 5.97 Å². The summed E-state index contributed by atoms with van der Waals surface area (Å²) < 4.78 is 0. The van der Waals surface area contributed by atoms with Gasteiger partial charge in [0.1, 0.15) is 6.04 Å². The minimum Gasteiger partial charge on any atom is -0.480 e. The summed E-state index contributed by atoms with van der Waals surface area (Å²) in [5.41, 5.74) is 6.16. The van der Waals surface area contributed by atoms with Crippen molar-refractivity contribution in [3.05, 3.63) is 24.3 Å². The van der Waals surface area contributed by atoms with Gasteiger partial charge in [-0.1, -0.05) is 0 Å². The number of carboxylic acids is 1. The Hall–Kier alpha value is -1.95. The standard InChI is InChI=1S/C11H16N4O2/c12-5-1-4-10(11(16)17)14-6-2-3-9-7-13-8-15-9/h2-3,6-8,10H,1,4-5,12H2,(H,13,15)(H,16,17)/b3-2+,14-6?. The lowest BCUT2D eigenvalue weighted by molar-refractivity contribution is -0.138. The molecule has 1 aromatic heterocycles. The lowest BCUT2D eigenvalue weighted by atomic mass is 10.1. The fourth-order valence-corrected chi connectivity index (χ4v) is 1.23. The van der Waals surface area contributed by atoms with Crippen molar-refractivity contribution in [2.45, 2.75) is 18.9 Å². The molecule has 0 aliphatic heterocycles. The van der Waals surface area contributed by atoms with Crippen molar-refractivity contribution in [2.24, 2.45) is 10.7 Å². The maximum atomic E-state index is 10.8. The SMILES string of the molecule is NCCCC(N=C/C=C/c1cnc[nH]1)C(=O)O. The summed E-state index contributed by atoms with van der Waals surface area (Å²) in [5, 5.41) is 8.89. The van der Waals surface area contributed by atoms with Crippen LogP contribution >= 0.6 is 0 Å². The summed E-state index contributed by atoms with van der Waals surface area (Å²) in [6.07, 6.45) is 9.25. The van der Waals surface area contributed by atoms with Crippen LogP contribution in [0.5, 0.6) is 0 Å². The lowest BCUT2D eigenvalue weighted by Crippen LogP contribution is -2.19. The average Bonchev–Trinajstić information content (AvgIpc) is 2.80. The highest BCUT2D eigenvalue weighted by molar-refractivity contribution is 5.81. The molecule has 0 saturated heterocycles. The molecule has 6 heteroatoms. The van der Waals surface area contributed by atoms with Gasteiger partial charge in [0.25, 0.3) is 0 Å². The van der Waals surface area contributed by atoms with Crippen LogP contribution in [0.1, 0.15) is 18.5 Å². The van der Waals surface area contributed by atoms with Gasteiger partial charge in [0.15, 0.2) is 0 Å². The Morgan fingerprint density at radius 3 is 3.12 bits per heavy atom. The number of carboxylic acid groups (broad SMARTS) is 1. The number of hydrogen-bond donors (Lipinski definition) is 3. The topological polar surface area (TPSA) is 104 Å². The van der Waals surface area contributed by atoms with E-state index in [0.717, 1.165) is 5.69 Å². The largest absolute Gasteiger partial charge is 0.480 e. The Bertz CT molecular complexity index is 384. The molecule has 0 radical (unpaired) electrons. The number of nitrogens with zero attached hydrogens (tertiary/aromatic N) is 2. The molecule has 92 valence electrons. The molecule has 0 aromatic carbocycles. The highest BCUT2D eigenvalue weighted by Gasteiger charge is 2.13. The molecule has 17 heavy (non-hydrogen) atoms. The molecule has 1 unspecified atom stereocenters. The van der Waals surface area contributed by atoms with Crippen molar-refractivity contribution in [1.29, 1.82) is 0 Å². The zero-order chi connectivity index (χ0) is 12.5. The third kappa shape index (κ3) is 5.07. The Balaban J connectivity index is 2.46. The normalized spacial score (nSPS) is 13.5. The van der Waals surface area contributed by atoms with Gasteiger partial charge < -0.3 is 15.8 Å². The molecule has 0 spiro atoms. The Labute approximate surface area is 99.3 Å². The van der Waals surface area contributed by atoms with E-state index in [4.69, 9.17) is 10.8 Å². The van der Waals surface area contributed by atoms with Crippen LogP contribution < -0.4 is 5.73 Å². The number of imidazole rings is 1. The number of nitrogens with one attached hydrogen (secondary N) is 1. The predicted molar refractivity (Wildman–Crippen MR) is 65.8 cm³/mol. The van der Waals surface area contributed by atoms with Crippen molar-refractivity contribution in [3.63, 3.8) is 0 Å². The first-order valence-corrected chi connectivity index (χ1v) is 5.35. The molecule has 1 atom stereocenters. The second kappa shape index (κ2) is 7.34. The first kappa shape index (κ1) is 13.1. The van der Waals surface area contributed by atoms with Crippen molar-refractivity contribution in [3.8, 4) is 0 Å². The highest BCUT2D eigenvalue weighted by Crippen LogP contribution is 2.01. The van der Waals surface area contributed by atoms with Crippen LogP contribution in [0.2, 0.25) is 0 Å². The summed E-state index contributed by atoms with van der Waals surface area (Å²) in [7, 11) is 0. The van der Waals surface area contributed by atoms with Crippen LogP contribution in [0.15, 0.2) is 23.6 Å². The van der Waals surface area contributed by atoms with Crippen molar-refractivity contribution >= 4 is 18.3 Å². The van der Waals surface area contributed by atoms with Gasteiger partial charge in [-0.2, -0.15) is 0 Å². The van der Waals surface area contributed by atoms with Crippen molar-refractivity contribution < 1.29 is 9.90 Å². The van der Waals surface area contributed by atoms with Crippen LogP contribution in [-0.2, 0) is 4.79 Å². The van der Waals surface area contributed by atoms with Gasteiger partial charge in [-0.15, -0.1) is 0 Å². The molecule has 1 heterocycles. The number of hydrogen-bond acceptors (Lipinski definition) is 4. The van der Waals surface area contributed by atoms with Gasteiger partial charge in [-0.05, 0) is 31.5 Å². The summed E-state index contributed by atoms with van der Waals surface area (Å²) in [4.78, 5) is 21.5. The molecular weight excluding hydrogens is 220 g/mol. The number of aliphatic carboxylic acids is 1. The van der Waals surface area contributed by atoms with Gasteiger partial charge in [0.2, 0.25) is 0 Å². The minimum absolute atomic E-state index is 0.459. The van der Waals surface area contributed by atoms with E-state index in [1.165, 1.54) is 6.21 Å². The number of H-pyrrole nitrogens is 1. The number of carbonyl (C=O) groups is 1. The van der Waals surface area contributed by atoms with Crippen LogP contribution in [0.3, 0.4) is 0 Å². The van der Waals surface area contributed by atoms with Gasteiger partial charge in [-0.25, -0.2) is 9.78 Å². The van der Waals surface area contributed by atoms with Crippen LogP contribution in [0.25, 0.3) is 6.08 Å². The quantitative estimate of drug-likeness (QED) is 0.605. The molecular formula is C11H16N4O2. The van der Waals surface area contributed by atoms with E-state index in [2.05, 4.69) is 15.0 Å². The fraction of sp³-hybridized carbons (Fsp3) is 0.364. The maximum absolute atomic E-state index is 10.8. The average molecular weight is 236 g/mol. The molecule has 1 aromatic rings.